The number of carbonyl (C=O) groups is 3. The third kappa shape index (κ3) is 5.75. The van der Waals surface area contributed by atoms with Gasteiger partial charge in [0.15, 0.2) is 12.0 Å². The number of allylic oxidation sites excluding steroid dienone is 1. The number of likely N-dealkylation sites (N-methyl/N-ethyl adjacent to an activating group) is 1. The standard InChI is InChI=1S/C28H29F2N3O5/c1-17-11-12-37-23-15-32(3)24(28(36)33(17)23)26(38-16-19-7-5-4-6-8-19)25(34)18(2)27(35)31-14-20-9-10-21(29)13-22(20)30/h4-10,13,17,23H,2,11-12,14-16H2,1,3H3,(H,31,35)/b26-24+/t17?,23-/m0/s1. The number of nitrogens with one attached hydrogen (secondary N) is 1. The van der Waals surface area contributed by atoms with E-state index in [0.717, 1.165) is 11.6 Å². The van der Waals surface area contributed by atoms with Crippen molar-refractivity contribution in [3.05, 3.63) is 94.9 Å². The maximum atomic E-state index is 14.0. The Labute approximate surface area is 219 Å². The molecule has 1 unspecified atom stereocenters. The van der Waals surface area contributed by atoms with E-state index in [1.54, 1.807) is 29.0 Å². The van der Waals surface area contributed by atoms with Crippen LogP contribution in [0, 0.1) is 11.6 Å². The van der Waals surface area contributed by atoms with Gasteiger partial charge < -0.3 is 24.6 Å². The topological polar surface area (TPSA) is 88.2 Å². The highest BCUT2D eigenvalue weighted by atomic mass is 19.1. The molecule has 0 aromatic heterocycles. The van der Waals surface area contributed by atoms with Crippen LogP contribution in [0.4, 0.5) is 8.78 Å². The zero-order valence-corrected chi connectivity index (χ0v) is 21.2. The normalized spacial score (nSPS) is 20.5. The van der Waals surface area contributed by atoms with Crippen molar-refractivity contribution in [3.8, 4) is 0 Å². The number of fused-ring (bicyclic) bond motifs is 1. The van der Waals surface area contributed by atoms with Gasteiger partial charge in [-0.2, -0.15) is 0 Å². The molecule has 2 aromatic carbocycles. The molecule has 1 N–H and O–H groups in total. The van der Waals surface area contributed by atoms with Crippen LogP contribution < -0.4 is 5.32 Å². The Balaban J connectivity index is 1.60. The lowest BCUT2D eigenvalue weighted by Gasteiger charge is -2.47. The van der Waals surface area contributed by atoms with E-state index in [4.69, 9.17) is 9.47 Å². The Hall–Kier alpha value is -4.05. The van der Waals surface area contributed by atoms with E-state index in [0.29, 0.717) is 25.6 Å². The fraction of sp³-hybridized carbons (Fsp3) is 0.321. The number of halogens is 2. The van der Waals surface area contributed by atoms with Crippen LogP contribution in [-0.4, -0.2) is 59.9 Å². The van der Waals surface area contributed by atoms with E-state index in [1.165, 1.54) is 6.07 Å². The molecule has 2 saturated heterocycles. The monoisotopic (exact) mass is 525 g/mol. The lowest BCUT2D eigenvalue weighted by molar-refractivity contribution is -0.171. The van der Waals surface area contributed by atoms with Crippen molar-refractivity contribution in [3.63, 3.8) is 0 Å². The summed E-state index contributed by atoms with van der Waals surface area (Å²) < 4.78 is 38.8. The number of carbonyl (C=O) groups excluding carboxylic acids is 3. The number of rotatable bonds is 8. The Morgan fingerprint density at radius 2 is 1.92 bits per heavy atom. The Morgan fingerprint density at radius 3 is 2.63 bits per heavy atom. The highest BCUT2D eigenvalue weighted by Crippen LogP contribution is 2.29. The zero-order chi connectivity index (χ0) is 27.4. The molecule has 2 amide bonds. The molecule has 0 radical (unpaired) electrons. The molecule has 0 aliphatic carbocycles. The second-order valence-corrected chi connectivity index (χ2v) is 9.23. The van der Waals surface area contributed by atoms with E-state index in [-0.39, 0.29) is 36.2 Å². The maximum Gasteiger partial charge on any atom is 0.276 e. The van der Waals surface area contributed by atoms with Gasteiger partial charge in [0.1, 0.15) is 23.9 Å². The third-order valence-electron chi connectivity index (χ3n) is 6.53. The van der Waals surface area contributed by atoms with Crippen molar-refractivity contribution in [2.75, 3.05) is 20.2 Å². The average Bonchev–Trinajstić information content (AvgIpc) is 2.89. The maximum absolute atomic E-state index is 14.0. The third-order valence-corrected chi connectivity index (χ3v) is 6.53. The molecule has 2 aliphatic heterocycles. The number of benzene rings is 2. The molecule has 0 bridgehead atoms. The number of ketones is 1. The van der Waals surface area contributed by atoms with Crippen molar-refractivity contribution in [1.82, 2.24) is 15.1 Å². The molecule has 10 heteroatoms. The van der Waals surface area contributed by atoms with Crippen LogP contribution >= 0.6 is 0 Å². The van der Waals surface area contributed by atoms with Crippen LogP contribution in [0.3, 0.4) is 0 Å². The summed E-state index contributed by atoms with van der Waals surface area (Å²) in [4.78, 5) is 43.2. The molecule has 2 heterocycles. The van der Waals surface area contributed by atoms with E-state index < -0.39 is 41.0 Å². The van der Waals surface area contributed by atoms with E-state index in [1.807, 2.05) is 25.1 Å². The summed E-state index contributed by atoms with van der Waals surface area (Å²) in [5, 5.41) is 2.42. The average molecular weight is 526 g/mol. The molecule has 2 aromatic rings. The highest BCUT2D eigenvalue weighted by molar-refractivity contribution is 6.25. The molecule has 2 atom stereocenters. The summed E-state index contributed by atoms with van der Waals surface area (Å²) in [6.07, 6.45) is 0.171. The lowest BCUT2D eigenvalue weighted by atomic mass is 10.0. The predicted molar refractivity (Wildman–Crippen MR) is 134 cm³/mol. The molecule has 200 valence electrons. The minimum atomic E-state index is -0.878. The number of Topliss-reactive ketones (excluding diaryl/α,β-unsaturated/α-hetero) is 1. The van der Waals surface area contributed by atoms with Gasteiger partial charge in [0.05, 0.1) is 18.7 Å². The van der Waals surface area contributed by atoms with E-state index >= 15 is 0 Å². The van der Waals surface area contributed by atoms with Crippen LogP contribution in [0.5, 0.6) is 0 Å². The molecule has 0 saturated carbocycles. The predicted octanol–water partition coefficient (Wildman–Crippen LogP) is 3.04. The van der Waals surface area contributed by atoms with E-state index in [2.05, 4.69) is 11.9 Å². The number of amides is 2. The first-order chi connectivity index (χ1) is 18.2. The second-order valence-electron chi connectivity index (χ2n) is 9.23. The van der Waals surface area contributed by atoms with Crippen molar-refractivity contribution in [1.29, 1.82) is 0 Å². The van der Waals surface area contributed by atoms with Crippen LogP contribution in [0.15, 0.2) is 72.1 Å². The van der Waals surface area contributed by atoms with Crippen molar-refractivity contribution >= 4 is 17.6 Å². The SMILES string of the molecule is C=C(C(=O)NCc1ccc(F)cc1F)C(=O)/C(OCc1ccccc1)=C1/C(=O)N2C(C)CCO[C@H]2CN1C. The first kappa shape index (κ1) is 27.0. The molecule has 4 rings (SSSR count). The highest BCUT2D eigenvalue weighted by Gasteiger charge is 2.43. The first-order valence-electron chi connectivity index (χ1n) is 12.2. The molecule has 8 nitrogen and oxygen atoms in total. The van der Waals surface area contributed by atoms with Gasteiger partial charge in [-0.3, -0.25) is 14.4 Å². The summed E-state index contributed by atoms with van der Waals surface area (Å²) in [6, 6.07) is 11.9. The van der Waals surface area contributed by atoms with Crippen LogP contribution in [0.2, 0.25) is 0 Å². The Bertz CT molecular complexity index is 1280. The largest absolute Gasteiger partial charge is 0.483 e. The molecular weight excluding hydrogens is 496 g/mol. The fourth-order valence-electron chi connectivity index (χ4n) is 4.39. The minimum absolute atomic E-state index is 0.00180. The number of ether oxygens (including phenoxy) is 2. The lowest BCUT2D eigenvalue weighted by Crippen LogP contribution is -2.61. The summed E-state index contributed by atoms with van der Waals surface area (Å²) in [7, 11) is 1.65. The van der Waals surface area contributed by atoms with Crippen molar-refractivity contribution in [2.45, 2.75) is 38.8 Å². The van der Waals surface area contributed by atoms with E-state index in [9.17, 15) is 23.2 Å². The van der Waals surface area contributed by atoms with Gasteiger partial charge in [-0.1, -0.05) is 43.0 Å². The molecule has 2 aliphatic rings. The van der Waals surface area contributed by atoms with Gasteiger partial charge in [-0.15, -0.1) is 0 Å². The summed E-state index contributed by atoms with van der Waals surface area (Å²) >= 11 is 0. The first-order valence-corrected chi connectivity index (χ1v) is 12.2. The molecule has 0 spiro atoms. The Kier molecular flexibility index (Phi) is 8.21. The van der Waals surface area contributed by atoms with Gasteiger partial charge in [-0.25, -0.2) is 8.78 Å². The van der Waals surface area contributed by atoms with Gasteiger partial charge in [0, 0.05) is 31.3 Å². The van der Waals surface area contributed by atoms with Crippen molar-refractivity contribution in [2.24, 2.45) is 0 Å². The number of hydrogen-bond acceptors (Lipinski definition) is 6. The Morgan fingerprint density at radius 1 is 1.18 bits per heavy atom. The summed E-state index contributed by atoms with van der Waals surface area (Å²) in [6.45, 7) is 6.03. The van der Waals surface area contributed by atoms with Crippen LogP contribution in [0.25, 0.3) is 0 Å². The number of nitrogens with zero attached hydrogens (tertiary/aromatic N) is 2. The number of piperazine rings is 1. The smallest absolute Gasteiger partial charge is 0.276 e. The van der Waals surface area contributed by atoms with Crippen LogP contribution in [0.1, 0.15) is 24.5 Å². The fourth-order valence-corrected chi connectivity index (χ4v) is 4.39. The van der Waals surface area contributed by atoms with Gasteiger partial charge in [-0.05, 0) is 25.0 Å². The summed E-state index contributed by atoms with van der Waals surface area (Å²) in [5.41, 5.74) is 0.289. The number of hydrogen-bond donors (Lipinski definition) is 1. The molecular formula is C28H29F2N3O5. The van der Waals surface area contributed by atoms with Crippen LogP contribution in [-0.2, 0) is 37.0 Å². The summed E-state index contributed by atoms with van der Waals surface area (Å²) in [5.74, 6) is -4.10. The van der Waals surface area contributed by atoms with Gasteiger partial charge in [0.2, 0.25) is 5.78 Å². The molecule has 38 heavy (non-hydrogen) atoms. The minimum Gasteiger partial charge on any atom is -0.483 e. The molecule has 2 fully saturated rings. The van der Waals surface area contributed by atoms with Crippen molar-refractivity contribution < 1.29 is 32.6 Å². The van der Waals surface area contributed by atoms with Gasteiger partial charge in [0.25, 0.3) is 11.8 Å². The second kappa shape index (κ2) is 11.6. The van der Waals surface area contributed by atoms with Gasteiger partial charge >= 0.3 is 0 Å². The zero-order valence-electron chi connectivity index (χ0n) is 21.2. The quantitative estimate of drug-likeness (QED) is 0.247.